The third-order valence-electron chi connectivity index (χ3n) is 6.09. The Morgan fingerprint density at radius 2 is 1.84 bits per heavy atom. The van der Waals surface area contributed by atoms with Crippen LogP contribution < -0.4 is 21.3 Å². The highest BCUT2D eigenvalue weighted by atomic mass is 32.2. The van der Waals surface area contributed by atoms with Gasteiger partial charge in [-0.15, -0.1) is 0 Å². The van der Waals surface area contributed by atoms with Gasteiger partial charge in [0.2, 0.25) is 10.0 Å². The molecule has 1 unspecified atom stereocenters. The second kappa shape index (κ2) is 9.83. The van der Waals surface area contributed by atoms with E-state index in [1.54, 1.807) is 6.92 Å². The van der Waals surface area contributed by atoms with Crippen molar-refractivity contribution in [1.29, 1.82) is 5.26 Å². The van der Waals surface area contributed by atoms with Crippen LogP contribution in [0.3, 0.4) is 0 Å². The van der Waals surface area contributed by atoms with Gasteiger partial charge in [-0.05, 0) is 42.7 Å². The molecule has 3 aromatic rings. The number of benzene rings is 1. The lowest BCUT2D eigenvalue weighted by molar-refractivity contribution is 0.445. The first-order valence-corrected chi connectivity index (χ1v) is 12.6. The number of primary sulfonamides is 1. The minimum atomic E-state index is -3.96. The highest BCUT2D eigenvalue weighted by molar-refractivity contribution is 7.89. The molecule has 1 atom stereocenters. The maximum atomic E-state index is 14.0. The number of hydrogen-bond donors (Lipinski definition) is 1. The van der Waals surface area contributed by atoms with Gasteiger partial charge in [0.15, 0.2) is 17.5 Å². The Morgan fingerprint density at radius 1 is 1.16 bits per heavy atom. The Labute approximate surface area is 209 Å². The average molecular weight is 535 g/mol. The fourth-order valence-corrected chi connectivity index (χ4v) is 5.23. The van der Waals surface area contributed by atoms with Crippen LogP contribution in [0.4, 0.5) is 19.0 Å². The summed E-state index contributed by atoms with van der Waals surface area (Å²) >= 11 is 0. The summed E-state index contributed by atoms with van der Waals surface area (Å²) < 4.78 is 67.2. The maximum Gasteiger partial charge on any atom is 0.338 e. The first-order chi connectivity index (χ1) is 17.4. The molecule has 37 heavy (non-hydrogen) atoms. The lowest BCUT2D eigenvalue weighted by atomic mass is 10.0. The van der Waals surface area contributed by atoms with Gasteiger partial charge in [0.05, 0.1) is 28.8 Å². The predicted molar refractivity (Wildman–Crippen MR) is 127 cm³/mol. The summed E-state index contributed by atoms with van der Waals surface area (Å²) in [7, 11) is -3.96. The minimum Gasteiger partial charge on any atom is -0.356 e. The second-order valence-corrected chi connectivity index (χ2v) is 10.5. The number of nitriles is 1. The summed E-state index contributed by atoms with van der Waals surface area (Å²) in [6, 6.07) is 4.80. The lowest BCUT2D eigenvalue weighted by Gasteiger charge is -2.26. The Morgan fingerprint density at radius 3 is 2.41 bits per heavy atom. The number of nitrogens with two attached hydrogens (primary N) is 1. The van der Waals surface area contributed by atoms with Gasteiger partial charge in [-0.3, -0.25) is 14.3 Å². The molecule has 0 spiro atoms. The molecule has 1 aromatic carbocycles. The van der Waals surface area contributed by atoms with Gasteiger partial charge in [0, 0.05) is 25.7 Å². The maximum absolute atomic E-state index is 14.0. The van der Waals surface area contributed by atoms with Crippen LogP contribution in [-0.4, -0.2) is 40.9 Å². The van der Waals surface area contributed by atoms with Crippen molar-refractivity contribution < 1.29 is 21.6 Å². The number of sulfonamides is 1. The number of hydrogen-bond acceptors (Lipinski definition) is 7. The molecule has 4 rings (SSSR count). The largest absolute Gasteiger partial charge is 0.356 e. The van der Waals surface area contributed by atoms with E-state index in [1.807, 2.05) is 6.07 Å². The zero-order chi connectivity index (χ0) is 27.1. The van der Waals surface area contributed by atoms with Gasteiger partial charge in [0.1, 0.15) is 12.4 Å². The van der Waals surface area contributed by atoms with Crippen molar-refractivity contribution in [1.82, 2.24) is 14.1 Å². The van der Waals surface area contributed by atoms with E-state index in [-0.39, 0.29) is 42.1 Å². The molecule has 1 saturated heterocycles. The normalized spacial score (nSPS) is 15.7. The van der Waals surface area contributed by atoms with Crippen molar-refractivity contribution in [2.75, 3.05) is 18.0 Å². The Kier molecular flexibility index (Phi) is 6.94. The molecule has 0 saturated carbocycles. The molecule has 0 bridgehead atoms. The number of anilines is 1. The molecule has 1 aliphatic heterocycles. The van der Waals surface area contributed by atoms with Crippen LogP contribution in [0.1, 0.15) is 23.1 Å². The van der Waals surface area contributed by atoms with Gasteiger partial charge < -0.3 is 4.90 Å². The van der Waals surface area contributed by atoms with Gasteiger partial charge in [-0.25, -0.2) is 36.1 Å². The van der Waals surface area contributed by atoms with Crippen molar-refractivity contribution >= 4 is 15.8 Å². The van der Waals surface area contributed by atoms with Crippen LogP contribution in [0.25, 0.3) is 5.69 Å². The first kappa shape index (κ1) is 26.1. The molecule has 1 aliphatic rings. The highest BCUT2D eigenvalue weighted by Gasteiger charge is 2.35. The van der Waals surface area contributed by atoms with Crippen molar-refractivity contribution in [3.8, 4) is 11.8 Å². The molecule has 1 fully saturated rings. The van der Waals surface area contributed by atoms with E-state index in [2.05, 4.69) is 4.98 Å². The molecule has 0 amide bonds. The fraction of sp³-hybridized carbons (Fsp3) is 0.304. The molecule has 10 nitrogen and oxygen atoms in total. The monoisotopic (exact) mass is 534 g/mol. The summed E-state index contributed by atoms with van der Waals surface area (Å²) in [5, 5.41) is 13.8. The Bertz CT molecular complexity index is 1640. The second-order valence-electron chi connectivity index (χ2n) is 8.69. The summed E-state index contributed by atoms with van der Waals surface area (Å²) in [5.41, 5.74) is -1.32. The summed E-state index contributed by atoms with van der Waals surface area (Å²) in [4.78, 5) is 32.7. The molecule has 0 radical (unpaired) electrons. The number of pyridine rings is 1. The van der Waals surface area contributed by atoms with Crippen LogP contribution in [0, 0.1) is 35.7 Å². The average Bonchev–Trinajstić information content (AvgIpc) is 3.31. The SMILES string of the molecule is Cc1cncc(-n2c(=O)c(Cc3cc(F)c(F)c(F)c3)c(N3CCC(S(N)(=O)=O)C3)n(CC#N)c2=O)c1. The van der Waals surface area contributed by atoms with E-state index < -0.39 is 56.9 Å². The van der Waals surface area contributed by atoms with Gasteiger partial charge >= 0.3 is 5.69 Å². The summed E-state index contributed by atoms with van der Waals surface area (Å²) in [6.45, 7) is 1.05. The first-order valence-electron chi connectivity index (χ1n) is 11.0. The van der Waals surface area contributed by atoms with Crippen molar-refractivity contribution in [2.24, 2.45) is 5.14 Å². The summed E-state index contributed by atoms with van der Waals surface area (Å²) in [5.74, 6) is -4.71. The van der Waals surface area contributed by atoms with Gasteiger partial charge in [-0.2, -0.15) is 5.26 Å². The van der Waals surface area contributed by atoms with E-state index in [1.165, 1.54) is 23.4 Å². The van der Waals surface area contributed by atoms with Crippen molar-refractivity contribution in [2.45, 2.75) is 31.6 Å². The molecular formula is C23H21F3N6O4S. The summed E-state index contributed by atoms with van der Waals surface area (Å²) in [6.07, 6.45) is 2.40. The molecular weight excluding hydrogens is 513 g/mol. The number of aryl methyl sites for hydroxylation is 1. The number of halogens is 3. The lowest BCUT2D eigenvalue weighted by Crippen LogP contribution is -2.44. The molecule has 14 heteroatoms. The van der Waals surface area contributed by atoms with Crippen LogP contribution in [-0.2, 0) is 23.0 Å². The minimum absolute atomic E-state index is 0.0700. The van der Waals surface area contributed by atoms with E-state index >= 15 is 0 Å². The Balaban J connectivity index is 2.02. The van der Waals surface area contributed by atoms with Crippen LogP contribution in [0.5, 0.6) is 0 Å². The van der Waals surface area contributed by atoms with E-state index in [4.69, 9.17) is 5.14 Å². The standard InChI is InChI=1S/C23H21F3N6O4S/c1-13-6-15(11-29-10-13)32-22(33)17(7-14-8-18(24)20(26)19(25)9-14)21(31(5-3-27)23(32)34)30-4-2-16(12-30)37(28,35)36/h6,8-11,16H,2,4-5,7,12H2,1H3,(H2,28,35,36). The molecule has 194 valence electrons. The molecule has 0 aliphatic carbocycles. The zero-order valence-electron chi connectivity index (χ0n) is 19.5. The van der Waals surface area contributed by atoms with E-state index in [0.717, 1.165) is 21.3 Å². The van der Waals surface area contributed by atoms with Crippen LogP contribution >= 0.6 is 0 Å². The van der Waals surface area contributed by atoms with Crippen molar-refractivity contribution in [3.63, 3.8) is 0 Å². The van der Waals surface area contributed by atoms with Gasteiger partial charge in [0.25, 0.3) is 5.56 Å². The third kappa shape index (κ3) is 5.00. The number of nitrogens with zero attached hydrogens (tertiary/aromatic N) is 5. The van der Waals surface area contributed by atoms with Gasteiger partial charge in [-0.1, -0.05) is 0 Å². The zero-order valence-corrected chi connectivity index (χ0v) is 20.3. The van der Waals surface area contributed by atoms with E-state index in [0.29, 0.717) is 5.56 Å². The fourth-order valence-electron chi connectivity index (χ4n) is 4.41. The number of aromatic nitrogens is 3. The smallest absolute Gasteiger partial charge is 0.338 e. The Hall–Kier alpha value is -3.96. The highest BCUT2D eigenvalue weighted by Crippen LogP contribution is 2.27. The van der Waals surface area contributed by atoms with Crippen molar-refractivity contribution in [3.05, 3.63) is 85.6 Å². The van der Waals surface area contributed by atoms with E-state index in [9.17, 15) is 36.4 Å². The quantitative estimate of drug-likeness (QED) is 0.467. The van der Waals surface area contributed by atoms with Crippen LogP contribution in [0.2, 0.25) is 0 Å². The molecule has 2 N–H and O–H groups in total. The number of rotatable bonds is 6. The molecule has 3 heterocycles. The van der Waals surface area contributed by atoms with Crippen LogP contribution in [0.15, 0.2) is 40.2 Å². The third-order valence-corrected chi connectivity index (χ3v) is 7.40. The molecule has 2 aromatic heterocycles. The topological polar surface area (TPSA) is 144 Å². The predicted octanol–water partition coefficient (Wildman–Crippen LogP) is 1.10.